The van der Waals surface area contributed by atoms with Crippen LogP contribution < -0.4 is 10.6 Å². The van der Waals surface area contributed by atoms with Gasteiger partial charge in [0.05, 0.1) is 11.7 Å². The van der Waals surface area contributed by atoms with Gasteiger partial charge < -0.3 is 10.6 Å². The molecule has 7 heteroatoms. The molecule has 7 nitrogen and oxygen atoms in total. The summed E-state index contributed by atoms with van der Waals surface area (Å²) in [7, 11) is 0. The summed E-state index contributed by atoms with van der Waals surface area (Å²) in [6, 6.07) is 4.34. The van der Waals surface area contributed by atoms with Gasteiger partial charge in [0.1, 0.15) is 5.82 Å². The van der Waals surface area contributed by atoms with E-state index in [1.54, 1.807) is 4.68 Å². The van der Waals surface area contributed by atoms with Crippen LogP contribution in [-0.4, -0.2) is 38.2 Å². The summed E-state index contributed by atoms with van der Waals surface area (Å²) < 4.78 is 1.61. The maximum Gasteiger partial charge on any atom is 0.280 e. The highest BCUT2D eigenvalue weighted by Crippen LogP contribution is 2.16. The van der Waals surface area contributed by atoms with Crippen LogP contribution >= 0.6 is 0 Å². The van der Waals surface area contributed by atoms with Crippen LogP contribution in [-0.2, 0) is 4.79 Å². The number of hydrogen-bond donors (Lipinski definition) is 2. The van der Waals surface area contributed by atoms with Crippen molar-refractivity contribution in [3.63, 3.8) is 0 Å². The first-order chi connectivity index (χ1) is 12.0. The Labute approximate surface area is 148 Å². The van der Waals surface area contributed by atoms with Crippen LogP contribution in [0.3, 0.4) is 0 Å². The summed E-state index contributed by atoms with van der Waals surface area (Å²) in [5.74, 6) is 1.08. The van der Waals surface area contributed by atoms with Gasteiger partial charge in [-0.2, -0.15) is 9.78 Å². The summed E-state index contributed by atoms with van der Waals surface area (Å²) >= 11 is 0. The molecule has 134 valence electrons. The van der Waals surface area contributed by atoms with Gasteiger partial charge in [0.15, 0.2) is 6.54 Å². The van der Waals surface area contributed by atoms with Crippen molar-refractivity contribution in [3.8, 4) is 5.95 Å². The monoisotopic (exact) mass is 343 g/mol. The van der Waals surface area contributed by atoms with Crippen molar-refractivity contribution in [3.05, 3.63) is 29.2 Å². The van der Waals surface area contributed by atoms with Gasteiger partial charge in [-0.1, -0.05) is 6.42 Å². The number of carbonyl (C=O) groups excluding carboxylic acids is 1. The Balaban J connectivity index is 1.69. The molecule has 2 aromatic heterocycles. The number of aryl methyl sites for hydroxylation is 3. The Kier molecular flexibility index (Phi) is 5.43. The highest BCUT2D eigenvalue weighted by molar-refractivity contribution is 5.90. The Morgan fingerprint density at radius 1 is 1.12 bits per heavy atom. The molecule has 0 spiro atoms. The second kappa shape index (κ2) is 7.74. The first kappa shape index (κ1) is 17.5. The third-order valence-corrected chi connectivity index (χ3v) is 4.55. The molecule has 3 rings (SSSR count). The van der Waals surface area contributed by atoms with Crippen molar-refractivity contribution in [2.24, 2.45) is 0 Å². The number of rotatable bonds is 5. The molecule has 0 atom stereocenters. The largest absolute Gasteiger partial charge is 0.336 e. The zero-order valence-corrected chi connectivity index (χ0v) is 15.2. The van der Waals surface area contributed by atoms with Gasteiger partial charge in [0.2, 0.25) is 0 Å². The summed E-state index contributed by atoms with van der Waals surface area (Å²) in [5.41, 5.74) is 2.56. The molecule has 2 aromatic rings. The van der Waals surface area contributed by atoms with Crippen molar-refractivity contribution in [1.29, 1.82) is 0 Å². The maximum atomic E-state index is 12.4. The molecule has 25 heavy (non-hydrogen) atoms. The van der Waals surface area contributed by atoms with Gasteiger partial charge in [-0.15, -0.1) is 0 Å². The second-order valence-electron chi connectivity index (χ2n) is 6.92. The number of carbonyl (C=O) groups is 1. The SMILES string of the molecule is Cc1cc(C)nc(-n2nc(C)cc2NC(=O)C[NH2+]C2CCCCC2)n1. The van der Waals surface area contributed by atoms with E-state index < -0.39 is 0 Å². The third-order valence-electron chi connectivity index (χ3n) is 4.55. The first-order valence-electron chi connectivity index (χ1n) is 9.04. The summed E-state index contributed by atoms with van der Waals surface area (Å²) in [6.07, 6.45) is 6.30. The third kappa shape index (κ3) is 4.63. The molecule has 0 radical (unpaired) electrons. The number of hydrogen-bond acceptors (Lipinski definition) is 4. The number of anilines is 1. The molecular weight excluding hydrogens is 316 g/mol. The van der Waals surface area contributed by atoms with Crippen molar-refractivity contribution in [2.45, 2.75) is 58.9 Å². The highest BCUT2D eigenvalue weighted by atomic mass is 16.2. The van der Waals surface area contributed by atoms with Gasteiger partial charge >= 0.3 is 0 Å². The summed E-state index contributed by atoms with van der Waals surface area (Å²) in [5, 5.41) is 9.55. The molecule has 1 amide bonds. The molecule has 0 aliphatic heterocycles. The van der Waals surface area contributed by atoms with Gasteiger partial charge in [-0.3, -0.25) is 4.79 Å². The number of nitrogens with one attached hydrogen (secondary N) is 1. The maximum absolute atomic E-state index is 12.4. The van der Waals surface area contributed by atoms with Gasteiger partial charge in [0, 0.05) is 17.5 Å². The minimum Gasteiger partial charge on any atom is -0.336 e. The lowest BCUT2D eigenvalue weighted by molar-refractivity contribution is -0.681. The minimum absolute atomic E-state index is 0.0175. The molecule has 1 aliphatic carbocycles. The van der Waals surface area contributed by atoms with Crippen molar-refractivity contribution < 1.29 is 10.1 Å². The average molecular weight is 343 g/mol. The molecule has 0 bridgehead atoms. The summed E-state index contributed by atoms with van der Waals surface area (Å²) in [6.45, 7) is 6.17. The molecule has 0 unspecified atom stereocenters. The van der Waals surface area contributed by atoms with E-state index in [9.17, 15) is 4.79 Å². The molecule has 0 saturated heterocycles. The Hall–Kier alpha value is -2.28. The lowest BCUT2D eigenvalue weighted by atomic mass is 9.95. The van der Waals surface area contributed by atoms with E-state index in [4.69, 9.17) is 0 Å². The topological polar surface area (TPSA) is 89.3 Å². The Bertz CT molecular complexity index is 728. The van der Waals surface area contributed by atoms with E-state index in [0.717, 1.165) is 17.1 Å². The van der Waals surface area contributed by atoms with Crippen LogP contribution in [0.25, 0.3) is 5.95 Å². The fourth-order valence-corrected chi connectivity index (χ4v) is 3.38. The molecule has 1 fully saturated rings. The molecule has 3 N–H and O–H groups in total. The zero-order chi connectivity index (χ0) is 17.8. The number of quaternary nitrogens is 1. The number of nitrogens with two attached hydrogens (primary N) is 1. The van der Waals surface area contributed by atoms with E-state index in [1.165, 1.54) is 32.1 Å². The molecular formula is C18H27N6O+. The van der Waals surface area contributed by atoms with E-state index in [0.29, 0.717) is 24.4 Å². The Morgan fingerprint density at radius 2 is 1.80 bits per heavy atom. The standard InChI is InChI=1S/C18H26N6O/c1-12-9-13(2)21-18(20-12)24-16(10-14(3)23-24)22-17(25)11-19-15-7-5-4-6-8-15/h9-10,15,19H,4-8,11H2,1-3H3,(H,22,25)/p+1. The predicted molar refractivity (Wildman–Crippen MR) is 95.7 cm³/mol. The van der Waals surface area contributed by atoms with Crippen LogP contribution in [0.1, 0.15) is 49.2 Å². The second-order valence-corrected chi connectivity index (χ2v) is 6.92. The van der Waals surface area contributed by atoms with E-state index >= 15 is 0 Å². The molecule has 1 saturated carbocycles. The smallest absolute Gasteiger partial charge is 0.280 e. The van der Waals surface area contributed by atoms with Crippen molar-refractivity contribution in [2.75, 3.05) is 11.9 Å². The average Bonchev–Trinajstić information content (AvgIpc) is 2.93. The fourth-order valence-electron chi connectivity index (χ4n) is 3.38. The predicted octanol–water partition coefficient (Wildman–Crippen LogP) is 1.42. The normalized spacial score (nSPS) is 15.3. The lowest BCUT2D eigenvalue weighted by Gasteiger charge is -2.19. The van der Waals surface area contributed by atoms with E-state index in [-0.39, 0.29) is 5.91 Å². The van der Waals surface area contributed by atoms with Crippen molar-refractivity contribution >= 4 is 11.7 Å². The minimum atomic E-state index is -0.0175. The van der Waals surface area contributed by atoms with Crippen LogP contribution in [0.15, 0.2) is 12.1 Å². The summed E-state index contributed by atoms with van der Waals surface area (Å²) in [4.78, 5) is 21.2. The quantitative estimate of drug-likeness (QED) is 0.859. The molecule has 1 aliphatic rings. The van der Waals surface area contributed by atoms with Gasteiger partial charge in [-0.25, -0.2) is 9.97 Å². The molecule has 2 heterocycles. The van der Waals surface area contributed by atoms with Crippen molar-refractivity contribution in [1.82, 2.24) is 19.7 Å². The highest BCUT2D eigenvalue weighted by Gasteiger charge is 2.19. The lowest BCUT2D eigenvalue weighted by Crippen LogP contribution is -2.91. The Morgan fingerprint density at radius 3 is 2.48 bits per heavy atom. The number of aromatic nitrogens is 4. The van der Waals surface area contributed by atoms with Gasteiger partial charge in [-0.05, 0) is 52.5 Å². The number of amides is 1. The van der Waals surface area contributed by atoms with Crippen LogP contribution in [0.5, 0.6) is 0 Å². The zero-order valence-electron chi connectivity index (χ0n) is 15.2. The number of nitrogens with zero attached hydrogens (tertiary/aromatic N) is 4. The van der Waals surface area contributed by atoms with E-state index in [2.05, 4.69) is 25.7 Å². The first-order valence-corrected chi connectivity index (χ1v) is 9.04. The van der Waals surface area contributed by atoms with Crippen LogP contribution in [0, 0.1) is 20.8 Å². The van der Waals surface area contributed by atoms with Crippen LogP contribution in [0.2, 0.25) is 0 Å². The van der Waals surface area contributed by atoms with Gasteiger partial charge in [0.25, 0.3) is 11.9 Å². The molecule has 0 aromatic carbocycles. The fraction of sp³-hybridized carbons (Fsp3) is 0.556. The van der Waals surface area contributed by atoms with E-state index in [1.807, 2.05) is 32.9 Å². The van der Waals surface area contributed by atoms with Crippen LogP contribution in [0.4, 0.5) is 5.82 Å².